The van der Waals surface area contributed by atoms with Gasteiger partial charge in [0.05, 0.1) is 11.6 Å². The van der Waals surface area contributed by atoms with E-state index in [2.05, 4.69) is 15.9 Å². The molecule has 0 amide bonds. The molecule has 0 N–H and O–H groups in total. The molecular formula is C14H12BrFO2. The van der Waals surface area contributed by atoms with E-state index in [0.717, 1.165) is 15.8 Å². The van der Waals surface area contributed by atoms with E-state index in [1.54, 1.807) is 19.2 Å². The van der Waals surface area contributed by atoms with E-state index in [4.69, 9.17) is 9.47 Å². The first-order valence-corrected chi connectivity index (χ1v) is 6.19. The van der Waals surface area contributed by atoms with Gasteiger partial charge in [0.25, 0.3) is 0 Å². The largest absolute Gasteiger partial charge is 0.496 e. The highest BCUT2D eigenvalue weighted by Gasteiger charge is 2.02. The van der Waals surface area contributed by atoms with Gasteiger partial charge in [-0.05, 0) is 57.9 Å². The van der Waals surface area contributed by atoms with Crippen LogP contribution in [0.4, 0.5) is 4.39 Å². The van der Waals surface area contributed by atoms with Crippen molar-refractivity contribution in [1.29, 1.82) is 0 Å². The van der Waals surface area contributed by atoms with Crippen LogP contribution in [-0.2, 0) is 6.61 Å². The Morgan fingerprint density at radius 1 is 1.11 bits per heavy atom. The normalized spacial score (nSPS) is 10.2. The van der Waals surface area contributed by atoms with Crippen molar-refractivity contribution in [3.63, 3.8) is 0 Å². The summed E-state index contributed by atoms with van der Waals surface area (Å²) in [5.74, 6) is 1.13. The molecule has 0 saturated heterocycles. The van der Waals surface area contributed by atoms with Crippen molar-refractivity contribution >= 4 is 15.9 Å². The van der Waals surface area contributed by atoms with Crippen LogP contribution in [0.3, 0.4) is 0 Å². The molecule has 4 heteroatoms. The van der Waals surface area contributed by atoms with Crippen molar-refractivity contribution in [2.24, 2.45) is 0 Å². The standard InChI is InChI=1S/C14H12BrFO2/c1-17-14-8-10(2-7-13(14)15)9-18-12-5-3-11(16)4-6-12/h2-8H,9H2,1H3. The lowest BCUT2D eigenvalue weighted by molar-refractivity contribution is 0.304. The number of hydrogen-bond acceptors (Lipinski definition) is 2. The van der Waals surface area contributed by atoms with Gasteiger partial charge < -0.3 is 9.47 Å². The molecule has 0 atom stereocenters. The van der Waals surface area contributed by atoms with Crippen LogP contribution in [0.1, 0.15) is 5.56 Å². The zero-order valence-electron chi connectivity index (χ0n) is 9.82. The van der Waals surface area contributed by atoms with Crippen LogP contribution in [0.25, 0.3) is 0 Å². The van der Waals surface area contributed by atoms with Gasteiger partial charge >= 0.3 is 0 Å². The Bertz CT molecular complexity index is 526. The van der Waals surface area contributed by atoms with Crippen molar-refractivity contribution in [3.05, 3.63) is 58.3 Å². The molecule has 18 heavy (non-hydrogen) atoms. The second-order valence-corrected chi connectivity index (χ2v) is 4.57. The molecule has 2 rings (SSSR count). The molecule has 94 valence electrons. The highest BCUT2D eigenvalue weighted by Crippen LogP contribution is 2.26. The number of halogens is 2. The van der Waals surface area contributed by atoms with Gasteiger partial charge in [0, 0.05) is 0 Å². The van der Waals surface area contributed by atoms with Gasteiger partial charge in [0.2, 0.25) is 0 Å². The number of benzene rings is 2. The van der Waals surface area contributed by atoms with Crippen LogP contribution in [0.15, 0.2) is 46.9 Å². The van der Waals surface area contributed by atoms with Gasteiger partial charge in [0.15, 0.2) is 0 Å². The fourth-order valence-electron chi connectivity index (χ4n) is 1.49. The van der Waals surface area contributed by atoms with Crippen molar-refractivity contribution in [3.8, 4) is 11.5 Å². The second-order valence-electron chi connectivity index (χ2n) is 3.71. The van der Waals surface area contributed by atoms with E-state index in [0.29, 0.717) is 12.4 Å². The summed E-state index contributed by atoms with van der Waals surface area (Å²) >= 11 is 3.39. The summed E-state index contributed by atoms with van der Waals surface area (Å²) in [7, 11) is 1.62. The van der Waals surface area contributed by atoms with Crippen LogP contribution < -0.4 is 9.47 Å². The van der Waals surface area contributed by atoms with Crippen LogP contribution >= 0.6 is 15.9 Å². The van der Waals surface area contributed by atoms with E-state index in [1.165, 1.54) is 12.1 Å². The zero-order valence-corrected chi connectivity index (χ0v) is 11.4. The van der Waals surface area contributed by atoms with E-state index in [-0.39, 0.29) is 5.82 Å². The third-order valence-corrected chi connectivity index (χ3v) is 3.09. The molecular weight excluding hydrogens is 299 g/mol. The fourth-order valence-corrected chi connectivity index (χ4v) is 1.90. The summed E-state index contributed by atoms with van der Waals surface area (Å²) in [6.45, 7) is 0.412. The predicted octanol–water partition coefficient (Wildman–Crippen LogP) is 4.18. The Morgan fingerprint density at radius 2 is 1.83 bits per heavy atom. The molecule has 0 aliphatic heterocycles. The van der Waals surface area contributed by atoms with E-state index in [9.17, 15) is 4.39 Å². The molecule has 0 radical (unpaired) electrons. The highest BCUT2D eigenvalue weighted by atomic mass is 79.9. The van der Waals surface area contributed by atoms with Crippen molar-refractivity contribution in [1.82, 2.24) is 0 Å². The summed E-state index contributed by atoms with van der Waals surface area (Å²) < 4.78 is 24.4. The molecule has 2 aromatic rings. The first kappa shape index (κ1) is 12.9. The minimum Gasteiger partial charge on any atom is -0.496 e. The van der Waals surface area contributed by atoms with Crippen LogP contribution in [0, 0.1) is 5.82 Å². The highest BCUT2D eigenvalue weighted by molar-refractivity contribution is 9.10. The zero-order chi connectivity index (χ0) is 13.0. The number of ether oxygens (including phenoxy) is 2. The van der Waals surface area contributed by atoms with E-state index in [1.807, 2.05) is 18.2 Å². The summed E-state index contributed by atoms with van der Waals surface area (Å²) in [6, 6.07) is 11.7. The van der Waals surface area contributed by atoms with E-state index >= 15 is 0 Å². The van der Waals surface area contributed by atoms with Crippen molar-refractivity contribution in [2.75, 3.05) is 7.11 Å². The number of methoxy groups -OCH3 is 1. The first-order chi connectivity index (χ1) is 8.69. The third-order valence-electron chi connectivity index (χ3n) is 2.43. The molecule has 0 bridgehead atoms. The Hall–Kier alpha value is -1.55. The molecule has 0 fully saturated rings. The predicted molar refractivity (Wildman–Crippen MR) is 71.4 cm³/mol. The van der Waals surface area contributed by atoms with Gasteiger partial charge in [-0.1, -0.05) is 6.07 Å². The van der Waals surface area contributed by atoms with Crippen molar-refractivity contribution in [2.45, 2.75) is 6.61 Å². The third kappa shape index (κ3) is 3.23. The minimum absolute atomic E-state index is 0.271. The quantitative estimate of drug-likeness (QED) is 0.843. The van der Waals surface area contributed by atoms with Crippen LogP contribution in [0.2, 0.25) is 0 Å². The monoisotopic (exact) mass is 310 g/mol. The molecule has 0 saturated carbocycles. The topological polar surface area (TPSA) is 18.5 Å². The average molecular weight is 311 g/mol. The van der Waals surface area contributed by atoms with Gasteiger partial charge in [-0.2, -0.15) is 0 Å². The molecule has 0 heterocycles. The van der Waals surface area contributed by atoms with Crippen molar-refractivity contribution < 1.29 is 13.9 Å². The van der Waals surface area contributed by atoms with Gasteiger partial charge in [-0.3, -0.25) is 0 Å². The molecule has 0 unspecified atom stereocenters. The summed E-state index contributed by atoms with van der Waals surface area (Å²) in [4.78, 5) is 0. The Labute approximate surface area is 113 Å². The second kappa shape index (κ2) is 5.87. The Morgan fingerprint density at radius 3 is 2.50 bits per heavy atom. The van der Waals surface area contributed by atoms with E-state index < -0.39 is 0 Å². The lowest BCUT2D eigenvalue weighted by Gasteiger charge is -2.08. The maximum atomic E-state index is 12.7. The van der Waals surface area contributed by atoms with Gasteiger partial charge in [-0.25, -0.2) is 4.39 Å². The SMILES string of the molecule is COc1cc(COc2ccc(F)cc2)ccc1Br. The van der Waals surface area contributed by atoms with Crippen LogP contribution in [-0.4, -0.2) is 7.11 Å². The summed E-state index contributed by atoms with van der Waals surface area (Å²) in [6.07, 6.45) is 0. The van der Waals surface area contributed by atoms with Gasteiger partial charge in [-0.15, -0.1) is 0 Å². The summed E-state index contributed by atoms with van der Waals surface area (Å²) in [5.41, 5.74) is 0.986. The molecule has 0 aromatic heterocycles. The van der Waals surface area contributed by atoms with Gasteiger partial charge in [0.1, 0.15) is 23.9 Å². The number of hydrogen-bond donors (Lipinski definition) is 0. The number of rotatable bonds is 4. The maximum Gasteiger partial charge on any atom is 0.133 e. The van der Waals surface area contributed by atoms with Crippen LogP contribution in [0.5, 0.6) is 11.5 Å². The lowest BCUT2D eigenvalue weighted by atomic mass is 10.2. The lowest BCUT2D eigenvalue weighted by Crippen LogP contribution is -1.96. The molecule has 2 aromatic carbocycles. The maximum absolute atomic E-state index is 12.7. The molecule has 0 aliphatic carbocycles. The Kier molecular flexibility index (Phi) is 4.20. The Balaban J connectivity index is 2.04. The summed E-state index contributed by atoms with van der Waals surface area (Å²) in [5, 5.41) is 0. The molecule has 2 nitrogen and oxygen atoms in total. The average Bonchev–Trinajstić information content (AvgIpc) is 2.39. The fraction of sp³-hybridized carbons (Fsp3) is 0.143. The minimum atomic E-state index is -0.271. The molecule has 0 aliphatic rings. The first-order valence-electron chi connectivity index (χ1n) is 5.40. The molecule has 0 spiro atoms. The smallest absolute Gasteiger partial charge is 0.133 e.